The predicted molar refractivity (Wildman–Crippen MR) is 107 cm³/mol. The zero-order valence-corrected chi connectivity index (χ0v) is 16.5. The van der Waals surface area contributed by atoms with Crippen LogP contribution in [0.2, 0.25) is 0 Å². The van der Waals surface area contributed by atoms with Gasteiger partial charge in [-0.15, -0.1) is 0 Å². The minimum Gasteiger partial charge on any atom is -0.508 e. The van der Waals surface area contributed by atoms with Crippen molar-refractivity contribution in [2.24, 2.45) is 0 Å². The Morgan fingerprint density at radius 2 is 1.81 bits per heavy atom. The van der Waals surface area contributed by atoms with Gasteiger partial charge in [-0.1, -0.05) is 0 Å². The molecule has 0 bridgehead atoms. The number of hydrogen-bond donors (Lipinski definition) is 2. The summed E-state index contributed by atoms with van der Waals surface area (Å²) in [5.74, 6) is 0.653. The fourth-order valence-corrected chi connectivity index (χ4v) is 2.73. The first-order valence-electron chi connectivity index (χ1n) is 8.29. The number of aromatic hydroxyl groups is 1. The van der Waals surface area contributed by atoms with E-state index in [0.29, 0.717) is 40.4 Å². The number of anilines is 1. The zero-order chi connectivity index (χ0) is 19.8. The minimum atomic E-state index is -0.560. The van der Waals surface area contributed by atoms with Gasteiger partial charge in [0, 0.05) is 17.3 Å². The summed E-state index contributed by atoms with van der Waals surface area (Å²) < 4.78 is 11.8. The number of carbonyl (C=O) groups excluding carboxylic acids is 1. The smallest absolute Gasteiger partial charge is 0.266 e. The molecule has 0 fully saturated rings. The van der Waals surface area contributed by atoms with Crippen molar-refractivity contribution >= 4 is 33.6 Å². The fraction of sp³-hybridized carbons (Fsp3) is 0.200. The van der Waals surface area contributed by atoms with Gasteiger partial charge in [0.1, 0.15) is 28.9 Å². The lowest BCUT2D eigenvalue weighted by Gasteiger charge is -2.13. The van der Waals surface area contributed by atoms with Crippen molar-refractivity contribution in [3.63, 3.8) is 0 Å². The highest BCUT2D eigenvalue weighted by Crippen LogP contribution is 2.34. The molecular weight excluding hydrogens is 412 g/mol. The number of phenolic OH excluding ortho intramolecular Hbond substituents is 1. The molecule has 2 aromatic rings. The van der Waals surface area contributed by atoms with E-state index in [1.807, 2.05) is 19.9 Å². The molecule has 2 N–H and O–H groups in total. The van der Waals surface area contributed by atoms with Crippen LogP contribution in [0.4, 0.5) is 5.69 Å². The first kappa shape index (κ1) is 20.3. The summed E-state index contributed by atoms with van der Waals surface area (Å²) in [7, 11) is 0. The summed E-state index contributed by atoms with van der Waals surface area (Å²) in [4.78, 5) is 12.4. The van der Waals surface area contributed by atoms with Crippen molar-refractivity contribution in [1.82, 2.24) is 0 Å². The van der Waals surface area contributed by atoms with Crippen molar-refractivity contribution in [2.45, 2.75) is 13.8 Å². The third kappa shape index (κ3) is 5.50. The van der Waals surface area contributed by atoms with Crippen molar-refractivity contribution in [3.05, 3.63) is 52.0 Å². The third-order valence-electron chi connectivity index (χ3n) is 3.45. The summed E-state index contributed by atoms with van der Waals surface area (Å²) in [6, 6.07) is 11.3. The van der Waals surface area contributed by atoms with E-state index in [0.717, 1.165) is 0 Å². The highest BCUT2D eigenvalue weighted by atomic mass is 79.9. The van der Waals surface area contributed by atoms with Gasteiger partial charge in [-0.3, -0.25) is 4.79 Å². The fourth-order valence-electron chi connectivity index (χ4n) is 2.26. The van der Waals surface area contributed by atoms with Crippen molar-refractivity contribution in [2.75, 3.05) is 18.5 Å². The molecule has 0 aliphatic heterocycles. The number of phenols is 1. The van der Waals surface area contributed by atoms with Gasteiger partial charge in [-0.25, -0.2) is 0 Å². The number of rotatable bonds is 7. The Morgan fingerprint density at radius 1 is 1.19 bits per heavy atom. The van der Waals surface area contributed by atoms with E-state index in [9.17, 15) is 15.2 Å². The molecule has 27 heavy (non-hydrogen) atoms. The monoisotopic (exact) mass is 430 g/mol. The molecule has 2 aromatic carbocycles. The van der Waals surface area contributed by atoms with Gasteiger partial charge in [0.25, 0.3) is 5.91 Å². The van der Waals surface area contributed by atoms with Crippen LogP contribution in [0.25, 0.3) is 6.08 Å². The van der Waals surface area contributed by atoms with Gasteiger partial charge < -0.3 is 19.9 Å². The topological polar surface area (TPSA) is 91.6 Å². The van der Waals surface area contributed by atoms with E-state index in [1.165, 1.54) is 18.2 Å². The molecular formula is C20H19BrN2O4. The number of nitrogens with zero attached hydrogens (tertiary/aromatic N) is 1. The molecule has 0 radical (unpaired) electrons. The molecule has 0 unspecified atom stereocenters. The van der Waals surface area contributed by atoms with Crippen LogP contribution in [0.3, 0.4) is 0 Å². The number of nitrogens with one attached hydrogen (secondary N) is 1. The molecule has 2 rings (SSSR count). The van der Waals surface area contributed by atoms with Crippen LogP contribution in [0.1, 0.15) is 19.4 Å². The molecule has 1 amide bonds. The van der Waals surface area contributed by atoms with Gasteiger partial charge in [0.2, 0.25) is 0 Å². The SMILES string of the molecule is CCOc1cc(OCC)c(C=C(C#N)C(=O)Nc2ccc(O)cc2)cc1Br. The molecule has 0 saturated carbocycles. The first-order valence-corrected chi connectivity index (χ1v) is 9.09. The average Bonchev–Trinajstić information content (AvgIpc) is 2.65. The summed E-state index contributed by atoms with van der Waals surface area (Å²) in [6.45, 7) is 4.65. The van der Waals surface area contributed by atoms with E-state index >= 15 is 0 Å². The zero-order valence-electron chi connectivity index (χ0n) is 15.0. The van der Waals surface area contributed by atoms with Crippen LogP contribution in [0, 0.1) is 11.3 Å². The Hall–Kier alpha value is -2.98. The predicted octanol–water partition coefficient (Wildman–Crippen LogP) is 4.50. The Morgan fingerprint density at radius 3 is 2.41 bits per heavy atom. The van der Waals surface area contributed by atoms with Gasteiger partial charge in [0.15, 0.2) is 0 Å². The highest BCUT2D eigenvalue weighted by Gasteiger charge is 2.14. The number of amides is 1. The molecule has 7 heteroatoms. The third-order valence-corrected chi connectivity index (χ3v) is 4.07. The molecule has 0 aromatic heterocycles. The second-order valence-electron chi connectivity index (χ2n) is 5.36. The lowest BCUT2D eigenvalue weighted by Crippen LogP contribution is -2.13. The molecule has 0 atom stereocenters. The normalized spacial score (nSPS) is 10.8. The van der Waals surface area contributed by atoms with E-state index in [1.54, 1.807) is 24.3 Å². The van der Waals surface area contributed by atoms with E-state index in [-0.39, 0.29) is 11.3 Å². The summed E-state index contributed by atoms with van der Waals surface area (Å²) >= 11 is 3.43. The van der Waals surface area contributed by atoms with E-state index < -0.39 is 5.91 Å². The number of carbonyl (C=O) groups is 1. The number of nitriles is 1. The van der Waals surface area contributed by atoms with Gasteiger partial charge >= 0.3 is 0 Å². The molecule has 0 spiro atoms. The maximum atomic E-state index is 12.4. The quantitative estimate of drug-likeness (QED) is 0.383. The number of halogens is 1. The summed E-state index contributed by atoms with van der Waals surface area (Å²) in [6.07, 6.45) is 1.46. The van der Waals surface area contributed by atoms with E-state index in [2.05, 4.69) is 21.2 Å². The van der Waals surface area contributed by atoms with E-state index in [4.69, 9.17) is 9.47 Å². The molecule has 0 aliphatic rings. The highest BCUT2D eigenvalue weighted by molar-refractivity contribution is 9.10. The number of hydrogen-bond acceptors (Lipinski definition) is 5. The van der Waals surface area contributed by atoms with Crippen LogP contribution in [-0.4, -0.2) is 24.2 Å². The second kappa shape index (κ2) is 9.64. The molecule has 0 heterocycles. The minimum absolute atomic E-state index is 0.0833. The van der Waals surface area contributed by atoms with Gasteiger partial charge in [0.05, 0.1) is 17.7 Å². The van der Waals surface area contributed by atoms with Gasteiger partial charge in [-0.2, -0.15) is 5.26 Å². The Labute approximate surface area is 166 Å². The largest absolute Gasteiger partial charge is 0.508 e. The van der Waals surface area contributed by atoms with Crippen molar-refractivity contribution in [3.8, 4) is 23.3 Å². The summed E-state index contributed by atoms with van der Waals surface area (Å²) in [5, 5.41) is 21.3. The standard InChI is InChI=1S/C20H19BrN2O4/c1-3-26-18-11-19(27-4-2)17(21)10-13(18)9-14(12-22)20(25)23-15-5-7-16(24)8-6-15/h5-11,24H,3-4H2,1-2H3,(H,23,25). The van der Waals surface area contributed by atoms with Crippen molar-refractivity contribution in [1.29, 1.82) is 5.26 Å². The van der Waals surface area contributed by atoms with Crippen LogP contribution in [-0.2, 0) is 4.79 Å². The maximum Gasteiger partial charge on any atom is 0.266 e. The summed E-state index contributed by atoms with van der Waals surface area (Å²) in [5.41, 5.74) is 0.960. The van der Waals surface area contributed by atoms with Crippen molar-refractivity contribution < 1.29 is 19.4 Å². The lowest BCUT2D eigenvalue weighted by atomic mass is 10.1. The lowest BCUT2D eigenvalue weighted by molar-refractivity contribution is -0.112. The Balaban J connectivity index is 2.35. The Bertz CT molecular complexity index is 886. The first-order chi connectivity index (χ1) is 13.0. The van der Waals surface area contributed by atoms with Crippen LogP contribution in [0.5, 0.6) is 17.2 Å². The van der Waals surface area contributed by atoms with Gasteiger partial charge in [-0.05, 0) is 66.2 Å². The number of benzene rings is 2. The average molecular weight is 431 g/mol. The maximum absolute atomic E-state index is 12.4. The Kier molecular flexibility index (Phi) is 7.26. The molecule has 0 aliphatic carbocycles. The molecule has 6 nitrogen and oxygen atoms in total. The second-order valence-corrected chi connectivity index (χ2v) is 6.21. The number of ether oxygens (including phenoxy) is 2. The van der Waals surface area contributed by atoms with Crippen LogP contribution in [0.15, 0.2) is 46.4 Å². The molecule has 0 saturated heterocycles. The van der Waals surface area contributed by atoms with Crippen LogP contribution < -0.4 is 14.8 Å². The van der Waals surface area contributed by atoms with Crippen LogP contribution >= 0.6 is 15.9 Å². The molecule has 140 valence electrons.